The van der Waals surface area contributed by atoms with Crippen LogP contribution in [0, 0.1) is 6.92 Å². The molecule has 1 aromatic heterocycles. The van der Waals surface area contributed by atoms with Gasteiger partial charge in [-0.15, -0.1) is 0 Å². The van der Waals surface area contributed by atoms with Gasteiger partial charge in [-0.1, -0.05) is 18.2 Å². The van der Waals surface area contributed by atoms with Crippen LogP contribution < -0.4 is 5.32 Å². The fourth-order valence-electron chi connectivity index (χ4n) is 3.74. The number of rotatable bonds is 4. The monoisotopic (exact) mass is 395 g/mol. The van der Waals surface area contributed by atoms with Crippen LogP contribution in [0.5, 0.6) is 0 Å². The maximum absolute atomic E-state index is 12.9. The zero-order valence-corrected chi connectivity index (χ0v) is 16.6. The lowest BCUT2D eigenvalue weighted by atomic mass is 10.1. The highest BCUT2D eigenvalue weighted by molar-refractivity contribution is 5.86. The molecule has 28 heavy (non-hydrogen) atoms. The van der Waals surface area contributed by atoms with Crippen molar-refractivity contribution in [2.45, 2.75) is 32.5 Å². The summed E-state index contributed by atoms with van der Waals surface area (Å²) in [5.74, 6) is 0.746. The van der Waals surface area contributed by atoms with Crippen molar-refractivity contribution in [2.75, 3.05) is 39.8 Å². The number of aliphatic imine (C=N–C) groups is 1. The summed E-state index contributed by atoms with van der Waals surface area (Å²) in [5.41, 5.74) is 3.63. The van der Waals surface area contributed by atoms with Crippen LogP contribution in [0.1, 0.15) is 18.1 Å². The Morgan fingerprint density at radius 1 is 1.25 bits per heavy atom. The van der Waals surface area contributed by atoms with Crippen LogP contribution in [0.3, 0.4) is 0 Å². The molecule has 3 rings (SSSR count). The van der Waals surface area contributed by atoms with E-state index in [1.807, 2.05) is 11.1 Å². The number of hydrogen-bond donors (Lipinski definition) is 2. The van der Waals surface area contributed by atoms with Crippen molar-refractivity contribution in [2.24, 2.45) is 4.99 Å². The summed E-state index contributed by atoms with van der Waals surface area (Å²) in [4.78, 5) is 11.2. The van der Waals surface area contributed by atoms with Crippen LogP contribution >= 0.6 is 0 Å². The van der Waals surface area contributed by atoms with Gasteiger partial charge in [0.25, 0.3) is 0 Å². The zero-order chi connectivity index (χ0) is 20.3. The second kappa shape index (κ2) is 8.43. The molecule has 0 bridgehead atoms. The largest absolute Gasteiger partial charge is 0.403 e. The van der Waals surface area contributed by atoms with Gasteiger partial charge in [0.05, 0.1) is 0 Å². The van der Waals surface area contributed by atoms with E-state index in [0.29, 0.717) is 32.7 Å². The summed E-state index contributed by atoms with van der Waals surface area (Å²) in [6.07, 6.45) is -1.30. The van der Waals surface area contributed by atoms with Crippen molar-refractivity contribution >= 4 is 16.9 Å². The standard InChI is InChI=1S/C20H28F3N5/c1-14-5-4-6-17-16(13-26-18(14)17)7-8-25-19(24-3)28-11-9-27(10-12-28)15(2)20(21,22)23/h4-6,13,15,26H,7-12H2,1-3H3,(H,24,25). The van der Waals surface area contributed by atoms with Gasteiger partial charge >= 0.3 is 6.18 Å². The summed E-state index contributed by atoms with van der Waals surface area (Å²) in [5, 5.41) is 4.58. The Morgan fingerprint density at radius 2 is 1.96 bits per heavy atom. The van der Waals surface area contributed by atoms with E-state index in [1.54, 1.807) is 7.05 Å². The van der Waals surface area contributed by atoms with Gasteiger partial charge in [0.2, 0.25) is 0 Å². The number of aromatic amines is 1. The Balaban J connectivity index is 1.52. The third-order valence-electron chi connectivity index (χ3n) is 5.53. The van der Waals surface area contributed by atoms with Gasteiger partial charge in [-0.25, -0.2) is 0 Å². The van der Waals surface area contributed by atoms with E-state index in [2.05, 4.69) is 40.4 Å². The first-order valence-electron chi connectivity index (χ1n) is 9.63. The Kier molecular flexibility index (Phi) is 6.17. The van der Waals surface area contributed by atoms with Crippen molar-refractivity contribution in [3.05, 3.63) is 35.5 Å². The summed E-state index contributed by atoms with van der Waals surface area (Å²) in [6.45, 7) is 5.85. The van der Waals surface area contributed by atoms with Crippen LogP contribution in [-0.4, -0.2) is 72.7 Å². The third-order valence-corrected chi connectivity index (χ3v) is 5.53. The molecule has 1 atom stereocenters. The van der Waals surface area contributed by atoms with Gasteiger partial charge in [-0.2, -0.15) is 13.2 Å². The predicted octanol–water partition coefficient (Wildman–Crippen LogP) is 3.16. The average molecular weight is 395 g/mol. The number of nitrogens with zero attached hydrogens (tertiary/aromatic N) is 3. The molecule has 2 aromatic rings. The number of aryl methyl sites for hydroxylation is 1. The summed E-state index contributed by atoms with van der Waals surface area (Å²) < 4.78 is 38.7. The number of benzene rings is 1. The first-order chi connectivity index (χ1) is 13.3. The lowest BCUT2D eigenvalue weighted by Gasteiger charge is -2.39. The first kappa shape index (κ1) is 20.5. The van der Waals surface area contributed by atoms with Crippen molar-refractivity contribution in [1.29, 1.82) is 0 Å². The molecule has 1 saturated heterocycles. The van der Waals surface area contributed by atoms with E-state index >= 15 is 0 Å². The van der Waals surface area contributed by atoms with Crippen molar-refractivity contribution in [3.63, 3.8) is 0 Å². The molecule has 5 nitrogen and oxygen atoms in total. The van der Waals surface area contributed by atoms with Crippen LogP contribution in [0.2, 0.25) is 0 Å². The second-order valence-corrected chi connectivity index (χ2v) is 7.28. The number of piperazine rings is 1. The molecule has 0 saturated carbocycles. The van der Waals surface area contributed by atoms with Crippen LogP contribution in [0.25, 0.3) is 10.9 Å². The van der Waals surface area contributed by atoms with E-state index in [0.717, 1.165) is 17.9 Å². The first-order valence-corrected chi connectivity index (χ1v) is 9.63. The van der Waals surface area contributed by atoms with E-state index in [-0.39, 0.29) is 0 Å². The summed E-state index contributed by atoms with van der Waals surface area (Å²) in [6, 6.07) is 4.85. The Morgan fingerprint density at radius 3 is 2.61 bits per heavy atom. The fraction of sp³-hybridized carbons (Fsp3) is 0.550. The number of nitrogens with one attached hydrogen (secondary N) is 2. The van der Waals surface area contributed by atoms with E-state index in [4.69, 9.17) is 0 Å². The number of H-pyrrole nitrogens is 1. The van der Waals surface area contributed by atoms with Gasteiger partial charge in [0, 0.05) is 56.9 Å². The van der Waals surface area contributed by atoms with Crippen LogP contribution in [-0.2, 0) is 6.42 Å². The van der Waals surface area contributed by atoms with E-state index < -0.39 is 12.2 Å². The van der Waals surface area contributed by atoms with Crippen molar-refractivity contribution in [3.8, 4) is 0 Å². The minimum Gasteiger partial charge on any atom is -0.361 e. The second-order valence-electron chi connectivity index (χ2n) is 7.28. The molecule has 0 spiro atoms. The molecule has 154 valence electrons. The number of guanidine groups is 1. The van der Waals surface area contributed by atoms with Gasteiger partial charge in [0.1, 0.15) is 6.04 Å². The minimum absolute atomic E-state index is 0.378. The van der Waals surface area contributed by atoms with Crippen LogP contribution in [0.4, 0.5) is 13.2 Å². The maximum Gasteiger partial charge on any atom is 0.403 e. The molecule has 1 aliphatic rings. The van der Waals surface area contributed by atoms with Crippen molar-refractivity contribution < 1.29 is 13.2 Å². The number of para-hydroxylation sites is 1. The fourth-order valence-corrected chi connectivity index (χ4v) is 3.74. The summed E-state index contributed by atoms with van der Waals surface area (Å²) in [7, 11) is 1.71. The average Bonchev–Trinajstić information content (AvgIpc) is 3.09. The highest BCUT2D eigenvalue weighted by Crippen LogP contribution is 2.25. The highest BCUT2D eigenvalue weighted by Gasteiger charge is 2.41. The Hall–Kier alpha value is -2.22. The number of hydrogen-bond acceptors (Lipinski definition) is 2. The van der Waals surface area contributed by atoms with E-state index in [1.165, 1.54) is 28.3 Å². The molecule has 2 heterocycles. The molecule has 0 radical (unpaired) electrons. The molecule has 1 unspecified atom stereocenters. The highest BCUT2D eigenvalue weighted by atomic mass is 19.4. The normalized spacial score (nSPS) is 17.9. The number of alkyl halides is 3. The quantitative estimate of drug-likeness (QED) is 0.618. The van der Waals surface area contributed by atoms with Gasteiger partial charge in [0.15, 0.2) is 5.96 Å². The molecule has 2 N–H and O–H groups in total. The molecule has 0 amide bonds. The molecule has 1 aliphatic heterocycles. The predicted molar refractivity (Wildman–Crippen MR) is 107 cm³/mol. The van der Waals surface area contributed by atoms with E-state index in [9.17, 15) is 13.2 Å². The number of aromatic nitrogens is 1. The third kappa shape index (κ3) is 4.43. The Bertz CT molecular complexity index is 819. The van der Waals surface area contributed by atoms with Crippen molar-refractivity contribution in [1.82, 2.24) is 20.1 Å². The number of fused-ring (bicyclic) bond motifs is 1. The summed E-state index contributed by atoms with van der Waals surface area (Å²) >= 11 is 0. The smallest absolute Gasteiger partial charge is 0.361 e. The molecule has 8 heteroatoms. The van der Waals surface area contributed by atoms with Gasteiger partial charge in [-0.3, -0.25) is 9.89 Å². The minimum atomic E-state index is -4.18. The molecular formula is C20H28F3N5. The molecule has 1 fully saturated rings. The topological polar surface area (TPSA) is 46.7 Å². The Labute approximate surface area is 163 Å². The SMILES string of the molecule is CN=C(NCCc1c[nH]c2c(C)cccc12)N1CCN(C(C)C(F)(F)F)CC1. The molecular weight excluding hydrogens is 367 g/mol. The van der Waals surface area contributed by atoms with Crippen LogP contribution in [0.15, 0.2) is 29.4 Å². The molecule has 1 aromatic carbocycles. The zero-order valence-electron chi connectivity index (χ0n) is 16.6. The lowest BCUT2D eigenvalue weighted by molar-refractivity contribution is -0.181. The lowest BCUT2D eigenvalue weighted by Crippen LogP contribution is -2.56. The van der Waals surface area contributed by atoms with Gasteiger partial charge in [-0.05, 0) is 31.4 Å². The number of halogens is 3. The molecule has 0 aliphatic carbocycles. The van der Waals surface area contributed by atoms with Gasteiger partial charge < -0.3 is 15.2 Å². The maximum atomic E-state index is 12.9.